The third-order valence-electron chi connectivity index (χ3n) is 3.00. The zero-order chi connectivity index (χ0) is 14.7. The van der Waals surface area contributed by atoms with Crippen molar-refractivity contribution >= 4 is 11.6 Å². The molecule has 0 fully saturated rings. The monoisotopic (exact) mass is 294 g/mol. The van der Waals surface area contributed by atoms with Gasteiger partial charge in [0.05, 0.1) is 35.2 Å². The molecular formula is C13H19ClN6. The maximum atomic E-state index is 6.29. The average molecular weight is 295 g/mol. The Hall–Kier alpha value is -1.50. The van der Waals surface area contributed by atoms with Crippen molar-refractivity contribution in [3.63, 3.8) is 0 Å². The van der Waals surface area contributed by atoms with E-state index in [2.05, 4.69) is 20.0 Å². The van der Waals surface area contributed by atoms with Crippen molar-refractivity contribution < 1.29 is 0 Å². The molecule has 0 saturated heterocycles. The van der Waals surface area contributed by atoms with Crippen molar-refractivity contribution in [2.24, 2.45) is 5.73 Å². The van der Waals surface area contributed by atoms with Gasteiger partial charge in [0.1, 0.15) is 5.82 Å². The van der Waals surface area contributed by atoms with E-state index in [1.54, 1.807) is 18.5 Å². The summed E-state index contributed by atoms with van der Waals surface area (Å²) in [4.78, 5) is 10.5. The van der Waals surface area contributed by atoms with Gasteiger partial charge < -0.3 is 10.6 Å². The molecule has 6 nitrogen and oxygen atoms in total. The van der Waals surface area contributed by atoms with Gasteiger partial charge in [0.15, 0.2) is 0 Å². The fourth-order valence-electron chi connectivity index (χ4n) is 1.94. The molecule has 0 bridgehead atoms. The second-order valence-corrected chi connectivity index (χ2v) is 5.32. The van der Waals surface area contributed by atoms with Gasteiger partial charge >= 0.3 is 0 Å². The second kappa shape index (κ2) is 6.30. The molecule has 0 aliphatic rings. The van der Waals surface area contributed by atoms with Gasteiger partial charge in [-0.3, -0.25) is 4.68 Å². The quantitative estimate of drug-likeness (QED) is 0.898. The molecule has 2 rings (SSSR count). The van der Waals surface area contributed by atoms with Crippen molar-refractivity contribution in [2.75, 3.05) is 20.6 Å². The SMILES string of the molecule is Cc1nccc(C(N)c2c(Cl)cnn2CCN(C)C)n1. The largest absolute Gasteiger partial charge is 0.318 e. The third kappa shape index (κ3) is 3.33. The Balaban J connectivity index is 2.29. The van der Waals surface area contributed by atoms with Crippen LogP contribution in [0.1, 0.15) is 23.3 Å². The Morgan fingerprint density at radius 1 is 1.45 bits per heavy atom. The lowest BCUT2D eigenvalue weighted by Crippen LogP contribution is -2.24. The molecule has 2 heterocycles. The smallest absolute Gasteiger partial charge is 0.125 e. The highest BCUT2D eigenvalue weighted by Crippen LogP contribution is 2.25. The molecule has 1 unspecified atom stereocenters. The molecule has 2 aromatic heterocycles. The number of aryl methyl sites for hydroxylation is 1. The molecule has 20 heavy (non-hydrogen) atoms. The first kappa shape index (κ1) is 14.9. The summed E-state index contributed by atoms with van der Waals surface area (Å²) >= 11 is 6.22. The summed E-state index contributed by atoms with van der Waals surface area (Å²) in [5, 5.41) is 4.85. The third-order valence-corrected chi connectivity index (χ3v) is 3.29. The van der Waals surface area contributed by atoms with Crippen molar-refractivity contribution in [3.8, 4) is 0 Å². The fourth-order valence-corrected chi connectivity index (χ4v) is 2.20. The Bertz CT molecular complexity index is 580. The number of likely N-dealkylation sites (N-methyl/N-ethyl adjacent to an activating group) is 1. The molecule has 0 aromatic carbocycles. The van der Waals surface area contributed by atoms with E-state index in [4.69, 9.17) is 17.3 Å². The summed E-state index contributed by atoms with van der Waals surface area (Å²) in [5.74, 6) is 0.688. The van der Waals surface area contributed by atoms with Crippen molar-refractivity contribution in [1.29, 1.82) is 0 Å². The molecule has 2 aromatic rings. The van der Waals surface area contributed by atoms with Gasteiger partial charge in [-0.05, 0) is 27.1 Å². The van der Waals surface area contributed by atoms with Crippen LogP contribution in [0.15, 0.2) is 18.5 Å². The van der Waals surface area contributed by atoms with Gasteiger partial charge in [0.2, 0.25) is 0 Å². The number of aromatic nitrogens is 4. The topological polar surface area (TPSA) is 72.9 Å². The maximum Gasteiger partial charge on any atom is 0.125 e. The number of hydrogen-bond donors (Lipinski definition) is 1. The van der Waals surface area contributed by atoms with Crippen LogP contribution in [0, 0.1) is 6.92 Å². The molecule has 1 atom stereocenters. The van der Waals surface area contributed by atoms with E-state index in [1.807, 2.05) is 25.7 Å². The highest BCUT2D eigenvalue weighted by atomic mass is 35.5. The normalized spacial score (nSPS) is 12.9. The lowest BCUT2D eigenvalue weighted by Gasteiger charge is -2.16. The van der Waals surface area contributed by atoms with Crippen LogP contribution < -0.4 is 5.73 Å². The molecule has 0 saturated carbocycles. The lowest BCUT2D eigenvalue weighted by molar-refractivity contribution is 0.368. The van der Waals surface area contributed by atoms with E-state index in [1.165, 1.54) is 0 Å². The first-order valence-corrected chi connectivity index (χ1v) is 6.78. The first-order valence-electron chi connectivity index (χ1n) is 6.40. The van der Waals surface area contributed by atoms with E-state index in [9.17, 15) is 0 Å². The van der Waals surface area contributed by atoms with Crippen LogP contribution in [-0.2, 0) is 6.54 Å². The number of nitrogens with two attached hydrogens (primary N) is 1. The Kier molecular flexibility index (Phi) is 4.69. The Labute approximate surface area is 123 Å². The zero-order valence-electron chi connectivity index (χ0n) is 11.9. The Morgan fingerprint density at radius 3 is 2.85 bits per heavy atom. The highest BCUT2D eigenvalue weighted by Gasteiger charge is 2.20. The van der Waals surface area contributed by atoms with Crippen LogP contribution in [0.4, 0.5) is 0 Å². The zero-order valence-corrected chi connectivity index (χ0v) is 12.7. The summed E-state index contributed by atoms with van der Waals surface area (Å²) < 4.78 is 1.84. The fraction of sp³-hybridized carbons (Fsp3) is 0.462. The molecule has 108 valence electrons. The first-order chi connectivity index (χ1) is 9.49. The van der Waals surface area contributed by atoms with Gasteiger partial charge in [-0.2, -0.15) is 5.10 Å². The average Bonchev–Trinajstić information content (AvgIpc) is 2.76. The van der Waals surface area contributed by atoms with E-state index >= 15 is 0 Å². The Morgan fingerprint density at radius 2 is 2.20 bits per heavy atom. The van der Waals surface area contributed by atoms with Gasteiger partial charge in [-0.25, -0.2) is 9.97 Å². The summed E-state index contributed by atoms with van der Waals surface area (Å²) in [6.07, 6.45) is 3.33. The molecule has 0 aliphatic carbocycles. The number of rotatable bonds is 5. The van der Waals surface area contributed by atoms with E-state index < -0.39 is 6.04 Å². The van der Waals surface area contributed by atoms with E-state index in [0.717, 1.165) is 24.5 Å². The van der Waals surface area contributed by atoms with Crippen molar-refractivity contribution in [1.82, 2.24) is 24.6 Å². The van der Waals surface area contributed by atoms with Gasteiger partial charge in [0, 0.05) is 12.7 Å². The van der Waals surface area contributed by atoms with Crippen LogP contribution in [0.25, 0.3) is 0 Å². The predicted octanol–water partition coefficient (Wildman–Crippen LogP) is 1.24. The van der Waals surface area contributed by atoms with E-state index in [0.29, 0.717) is 10.8 Å². The van der Waals surface area contributed by atoms with Gasteiger partial charge in [-0.15, -0.1) is 0 Å². The number of hydrogen-bond acceptors (Lipinski definition) is 5. The van der Waals surface area contributed by atoms with Gasteiger partial charge in [-0.1, -0.05) is 11.6 Å². The molecule has 0 spiro atoms. The van der Waals surface area contributed by atoms with Crippen LogP contribution in [0.3, 0.4) is 0 Å². The van der Waals surface area contributed by atoms with Crippen molar-refractivity contribution in [2.45, 2.75) is 19.5 Å². The molecular weight excluding hydrogens is 276 g/mol. The molecule has 2 N–H and O–H groups in total. The number of halogens is 1. The molecule has 7 heteroatoms. The minimum atomic E-state index is -0.408. The lowest BCUT2D eigenvalue weighted by atomic mass is 10.1. The molecule has 0 amide bonds. The van der Waals surface area contributed by atoms with Crippen LogP contribution in [-0.4, -0.2) is 45.3 Å². The van der Waals surface area contributed by atoms with Gasteiger partial charge in [0.25, 0.3) is 0 Å². The van der Waals surface area contributed by atoms with Crippen LogP contribution >= 0.6 is 11.6 Å². The van der Waals surface area contributed by atoms with Crippen LogP contribution in [0.2, 0.25) is 5.02 Å². The predicted molar refractivity (Wildman–Crippen MR) is 78.6 cm³/mol. The summed E-state index contributed by atoms with van der Waals surface area (Å²) in [7, 11) is 4.02. The second-order valence-electron chi connectivity index (χ2n) is 4.91. The molecule has 0 radical (unpaired) electrons. The summed E-state index contributed by atoms with van der Waals surface area (Å²) in [5.41, 5.74) is 7.81. The number of nitrogens with zero attached hydrogens (tertiary/aromatic N) is 5. The standard InChI is InChI=1S/C13H19ClN6/c1-9-16-5-4-11(18-9)12(15)13-10(14)8-17-20(13)7-6-19(2)3/h4-5,8,12H,6-7,15H2,1-3H3. The summed E-state index contributed by atoms with van der Waals surface area (Å²) in [6.45, 7) is 3.43. The summed E-state index contributed by atoms with van der Waals surface area (Å²) in [6, 6.07) is 1.39. The minimum absolute atomic E-state index is 0.408. The maximum absolute atomic E-state index is 6.29. The molecule has 0 aliphatic heterocycles. The van der Waals surface area contributed by atoms with E-state index in [-0.39, 0.29) is 0 Å². The highest BCUT2D eigenvalue weighted by molar-refractivity contribution is 6.31. The van der Waals surface area contributed by atoms with Crippen molar-refractivity contribution in [3.05, 3.63) is 40.7 Å². The minimum Gasteiger partial charge on any atom is -0.318 e. The van der Waals surface area contributed by atoms with Crippen LogP contribution in [0.5, 0.6) is 0 Å².